The van der Waals surface area contributed by atoms with Crippen molar-refractivity contribution in [3.05, 3.63) is 58.6 Å². The van der Waals surface area contributed by atoms with Gasteiger partial charge in [0.25, 0.3) is 17.4 Å². The lowest BCUT2D eigenvalue weighted by Crippen LogP contribution is -2.64. The van der Waals surface area contributed by atoms with Crippen molar-refractivity contribution >= 4 is 29.1 Å². The first-order valence-electron chi connectivity index (χ1n) is 10.1. The van der Waals surface area contributed by atoms with Gasteiger partial charge >= 0.3 is 0 Å². The Hall–Kier alpha value is -2.57. The zero-order valence-electron chi connectivity index (χ0n) is 17.5. The topological polar surface area (TPSA) is 53.1 Å². The van der Waals surface area contributed by atoms with Crippen LogP contribution in [-0.4, -0.2) is 60.4 Å². The van der Waals surface area contributed by atoms with E-state index in [9.17, 15) is 9.59 Å². The molecular formula is C23H26ClN3O3. The number of anilines is 1. The molecule has 2 aliphatic heterocycles. The third-order valence-corrected chi connectivity index (χ3v) is 6.14. The quantitative estimate of drug-likeness (QED) is 0.706. The zero-order chi connectivity index (χ0) is 21.5. The van der Waals surface area contributed by atoms with E-state index in [1.165, 1.54) is 10.5 Å². The highest BCUT2D eigenvalue weighted by Gasteiger charge is 2.51. The smallest absolute Gasteiger partial charge is 0.280 e. The summed E-state index contributed by atoms with van der Waals surface area (Å²) < 4.78 is 6.00. The first kappa shape index (κ1) is 20.7. The van der Waals surface area contributed by atoms with Gasteiger partial charge in [0.2, 0.25) is 0 Å². The van der Waals surface area contributed by atoms with E-state index in [0.717, 1.165) is 30.2 Å². The van der Waals surface area contributed by atoms with Crippen LogP contribution < -0.4 is 9.64 Å². The van der Waals surface area contributed by atoms with Crippen molar-refractivity contribution in [3.8, 4) is 5.75 Å². The van der Waals surface area contributed by atoms with E-state index in [1.54, 1.807) is 18.9 Å². The highest BCUT2D eigenvalue weighted by Crippen LogP contribution is 2.38. The molecule has 1 atom stereocenters. The van der Waals surface area contributed by atoms with Crippen LogP contribution in [0, 0.1) is 6.92 Å². The van der Waals surface area contributed by atoms with Gasteiger partial charge in [-0.15, -0.1) is 0 Å². The molecule has 2 aliphatic rings. The molecule has 0 aromatic heterocycles. The molecule has 7 heteroatoms. The zero-order valence-corrected chi connectivity index (χ0v) is 18.3. The van der Waals surface area contributed by atoms with E-state index in [4.69, 9.17) is 16.3 Å². The number of amides is 2. The normalized spacial score (nSPS) is 21.9. The maximum absolute atomic E-state index is 13.3. The first-order valence-corrected chi connectivity index (χ1v) is 10.5. The minimum absolute atomic E-state index is 0.281. The van der Waals surface area contributed by atoms with Crippen LogP contribution in [0.25, 0.3) is 0 Å². The molecule has 4 rings (SSSR count). The number of hydrogen-bond donors (Lipinski definition) is 0. The number of halogens is 1. The fourth-order valence-electron chi connectivity index (χ4n) is 4.06. The van der Waals surface area contributed by atoms with Crippen LogP contribution >= 0.6 is 11.6 Å². The Morgan fingerprint density at radius 3 is 2.43 bits per heavy atom. The highest BCUT2D eigenvalue weighted by molar-refractivity contribution is 6.30. The number of piperazine rings is 1. The molecule has 1 saturated heterocycles. The van der Waals surface area contributed by atoms with E-state index in [-0.39, 0.29) is 11.8 Å². The summed E-state index contributed by atoms with van der Waals surface area (Å²) in [5.41, 5.74) is 1.36. The molecule has 158 valence electrons. The fraction of sp³-hybridized carbons (Fsp3) is 0.391. The SMILES string of the molecule is Cc1ccc2c(c1)N(C)C(=O)C(C)(C(=O)N1CCN(Cc3ccc(Cl)cc3)CC1)O2. The number of fused-ring (bicyclic) bond motifs is 1. The summed E-state index contributed by atoms with van der Waals surface area (Å²) in [5, 5.41) is 0.723. The molecule has 0 radical (unpaired) electrons. The van der Waals surface area contributed by atoms with Gasteiger partial charge in [0.05, 0.1) is 5.69 Å². The van der Waals surface area contributed by atoms with Crippen molar-refractivity contribution in [2.45, 2.75) is 26.0 Å². The molecule has 0 aliphatic carbocycles. The largest absolute Gasteiger partial charge is 0.465 e. The molecule has 0 spiro atoms. The van der Waals surface area contributed by atoms with E-state index < -0.39 is 5.60 Å². The van der Waals surface area contributed by atoms with Crippen molar-refractivity contribution in [1.29, 1.82) is 0 Å². The van der Waals surface area contributed by atoms with Gasteiger partial charge in [-0.3, -0.25) is 14.5 Å². The number of hydrogen-bond acceptors (Lipinski definition) is 4. The van der Waals surface area contributed by atoms with Crippen LogP contribution in [0.2, 0.25) is 5.02 Å². The summed E-state index contributed by atoms with van der Waals surface area (Å²) in [6, 6.07) is 13.5. The number of benzene rings is 2. The third-order valence-electron chi connectivity index (χ3n) is 5.89. The van der Waals surface area contributed by atoms with Gasteiger partial charge in [-0.2, -0.15) is 0 Å². The van der Waals surface area contributed by atoms with Gasteiger partial charge in [-0.25, -0.2) is 0 Å². The minimum atomic E-state index is -1.55. The van der Waals surface area contributed by atoms with Gasteiger partial charge in [0.1, 0.15) is 5.75 Å². The summed E-state index contributed by atoms with van der Waals surface area (Å²) in [5.74, 6) is -0.0640. The molecule has 0 N–H and O–H groups in total. The Morgan fingerprint density at radius 1 is 1.10 bits per heavy atom. The number of nitrogens with zero attached hydrogens (tertiary/aromatic N) is 3. The molecule has 0 saturated carbocycles. The number of rotatable bonds is 3. The summed E-state index contributed by atoms with van der Waals surface area (Å²) in [6.45, 7) is 6.94. The Morgan fingerprint density at radius 2 is 1.77 bits per heavy atom. The monoisotopic (exact) mass is 427 g/mol. The summed E-state index contributed by atoms with van der Waals surface area (Å²) >= 11 is 5.96. The van der Waals surface area contributed by atoms with Gasteiger partial charge in [0.15, 0.2) is 0 Å². The van der Waals surface area contributed by atoms with Crippen molar-refractivity contribution in [2.24, 2.45) is 0 Å². The number of aryl methyl sites for hydroxylation is 1. The summed E-state index contributed by atoms with van der Waals surface area (Å²) in [7, 11) is 1.69. The Labute approximate surface area is 182 Å². The maximum atomic E-state index is 13.3. The van der Waals surface area contributed by atoms with Crippen molar-refractivity contribution in [1.82, 2.24) is 9.80 Å². The second-order valence-corrected chi connectivity index (χ2v) is 8.60. The van der Waals surface area contributed by atoms with E-state index in [1.807, 2.05) is 49.4 Å². The molecular weight excluding hydrogens is 402 g/mol. The van der Waals surface area contributed by atoms with E-state index in [2.05, 4.69) is 4.90 Å². The lowest BCUT2D eigenvalue weighted by molar-refractivity contribution is -0.157. The molecule has 1 fully saturated rings. The number of carbonyl (C=O) groups is 2. The Kier molecular flexibility index (Phi) is 5.47. The van der Waals surface area contributed by atoms with Gasteiger partial charge in [-0.05, 0) is 49.2 Å². The average Bonchev–Trinajstić information content (AvgIpc) is 2.74. The summed E-state index contributed by atoms with van der Waals surface area (Å²) in [4.78, 5) is 32.0. The first-order chi connectivity index (χ1) is 14.3. The molecule has 6 nitrogen and oxygen atoms in total. The van der Waals surface area contributed by atoms with E-state index in [0.29, 0.717) is 24.5 Å². The molecule has 2 aromatic carbocycles. The number of likely N-dealkylation sites (N-methyl/N-ethyl adjacent to an activating group) is 1. The molecule has 1 unspecified atom stereocenters. The fourth-order valence-corrected chi connectivity index (χ4v) is 4.19. The maximum Gasteiger partial charge on any atom is 0.280 e. The van der Waals surface area contributed by atoms with Crippen LogP contribution in [-0.2, 0) is 16.1 Å². The standard InChI is InChI=1S/C23H26ClN3O3/c1-16-4-9-20-19(14-16)25(3)21(28)23(2,30-20)22(29)27-12-10-26(11-13-27)15-17-5-7-18(24)8-6-17/h4-9,14H,10-13,15H2,1-3H3. The van der Waals surface area contributed by atoms with Crippen LogP contribution in [0.3, 0.4) is 0 Å². The van der Waals surface area contributed by atoms with Crippen LogP contribution in [0.15, 0.2) is 42.5 Å². The molecule has 2 heterocycles. The second-order valence-electron chi connectivity index (χ2n) is 8.17. The molecule has 0 bridgehead atoms. The van der Waals surface area contributed by atoms with Gasteiger partial charge in [-0.1, -0.05) is 29.8 Å². The van der Waals surface area contributed by atoms with E-state index >= 15 is 0 Å². The third kappa shape index (κ3) is 3.77. The van der Waals surface area contributed by atoms with Gasteiger partial charge in [0, 0.05) is 44.8 Å². The van der Waals surface area contributed by atoms with Gasteiger partial charge < -0.3 is 14.5 Å². The predicted molar refractivity (Wildman–Crippen MR) is 117 cm³/mol. The number of carbonyl (C=O) groups excluding carboxylic acids is 2. The molecule has 30 heavy (non-hydrogen) atoms. The van der Waals surface area contributed by atoms with Crippen LogP contribution in [0.5, 0.6) is 5.75 Å². The van der Waals surface area contributed by atoms with Crippen molar-refractivity contribution in [2.75, 3.05) is 38.1 Å². The Balaban J connectivity index is 1.44. The van der Waals surface area contributed by atoms with Crippen LogP contribution in [0.4, 0.5) is 5.69 Å². The second kappa shape index (κ2) is 7.93. The average molecular weight is 428 g/mol. The predicted octanol–water partition coefficient (Wildman–Crippen LogP) is 3.11. The Bertz CT molecular complexity index is 970. The van der Waals surface area contributed by atoms with Crippen LogP contribution in [0.1, 0.15) is 18.1 Å². The van der Waals surface area contributed by atoms with Crippen molar-refractivity contribution < 1.29 is 14.3 Å². The van der Waals surface area contributed by atoms with Crippen molar-refractivity contribution in [3.63, 3.8) is 0 Å². The number of ether oxygens (including phenoxy) is 1. The molecule has 2 aromatic rings. The highest BCUT2D eigenvalue weighted by atomic mass is 35.5. The minimum Gasteiger partial charge on any atom is -0.465 e. The molecule has 2 amide bonds. The lowest BCUT2D eigenvalue weighted by Gasteiger charge is -2.42. The lowest BCUT2D eigenvalue weighted by atomic mass is 9.98. The summed E-state index contributed by atoms with van der Waals surface area (Å²) in [6.07, 6.45) is 0.